The smallest absolute Gasteiger partial charge is 0.256 e. The number of carbonyl (C=O) groups is 3. The normalized spacial score (nSPS) is 19.3. The molecule has 2 N–H and O–H groups in total. The molecule has 0 saturated carbocycles. The van der Waals surface area contributed by atoms with E-state index in [2.05, 4.69) is 10.6 Å². The summed E-state index contributed by atoms with van der Waals surface area (Å²) in [5.41, 5.74) is 2.02. The predicted octanol–water partition coefficient (Wildman–Crippen LogP) is 2.56. The maximum Gasteiger partial charge on any atom is 0.256 e. The summed E-state index contributed by atoms with van der Waals surface area (Å²) in [7, 11) is 0. The largest absolute Gasteiger partial charge is 0.327 e. The number of amides is 3. The highest BCUT2D eigenvalue weighted by Gasteiger charge is 2.38. The molecule has 0 spiro atoms. The molecule has 0 aliphatic carbocycles. The molecule has 24 heavy (non-hydrogen) atoms. The van der Waals surface area contributed by atoms with Crippen LogP contribution in [-0.4, -0.2) is 35.2 Å². The Kier molecular flexibility index (Phi) is 3.57. The number of nitrogens with one attached hydrogen (secondary N) is 2. The van der Waals surface area contributed by atoms with Crippen molar-refractivity contribution >= 4 is 40.4 Å². The van der Waals surface area contributed by atoms with Gasteiger partial charge in [-0.1, -0.05) is 0 Å². The Morgan fingerprint density at radius 3 is 2.96 bits per heavy atom. The Morgan fingerprint density at radius 1 is 1.29 bits per heavy atom. The molecule has 1 aromatic carbocycles. The first-order chi connectivity index (χ1) is 11.6. The average molecular weight is 341 g/mol. The van der Waals surface area contributed by atoms with Gasteiger partial charge in [-0.25, -0.2) is 0 Å². The minimum atomic E-state index is -0.395. The summed E-state index contributed by atoms with van der Waals surface area (Å²) in [4.78, 5) is 38.8. The number of carbonyl (C=O) groups excluding carboxylic acids is 3. The van der Waals surface area contributed by atoms with Gasteiger partial charge in [0.1, 0.15) is 6.04 Å². The molecule has 2 aliphatic heterocycles. The third-order valence-corrected chi connectivity index (χ3v) is 5.05. The fourth-order valence-electron chi connectivity index (χ4n) is 3.16. The number of hydrogen-bond donors (Lipinski definition) is 2. The molecule has 1 atom stereocenters. The van der Waals surface area contributed by atoms with Crippen molar-refractivity contribution in [2.75, 3.05) is 17.2 Å². The van der Waals surface area contributed by atoms with Crippen molar-refractivity contribution in [1.82, 2.24) is 4.90 Å². The van der Waals surface area contributed by atoms with Crippen molar-refractivity contribution < 1.29 is 14.4 Å². The average Bonchev–Trinajstić information content (AvgIpc) is 3.25. The second-order valence-corrected chi connectivity index (χ2v) is 6.65. The standard InChI is InChI=1S/C17H15N3O3S/c21-15(10-5-7-24-9-10)18-11-3-4-13-12(8-11)17(23)20-6-1-2-14(20)16(22)19-13/h3-5,7-9,14H,1-2,6H2,(H,18,21)(H,19,22). The van der Waals surface area contributed by atoms with Gasteiger partial charge in [0, 0.05) is 17.6 Å². The van der Waals surface area contributed by atoms with Gasteiger partial charge in [-0.2, -0.15) is 11.3 Å². The topological polar surface area (TPSA) is 78.5 Å². The molecule has 3 amide bonds. The number of benzene rings is 1. The minimum Gasteiger partial charge on any atom is -0.327 e. The number of rotatable bonds is 2. The van der Waals surface area contributed by atoms with E-state index in [-0.39, 0.29) is 17.7 Å². The summed E-state index contributed by atoms with van der Waals surface area (Å²) in [5, 5.41) is 9.21. The molecular formula is C17H15N3O3S. The summed E-state index contributed by atoms with van der Waals surface area (Å²) >= 11 is 1.45. The molecule has 0 radical (unpaired) electrons. The molecule has 122 valence electrons. The van der Waals surface area contributed by atoms with E-state index in [0.29, 0.717) is 35.5 Å². The lowest BCUT2D eigenvalue weighted by Crippen LogP contribution is -2.40. The van der Waals surface area contributed by atoms with Crippen LogP contribution in [0.5, 0.6) is 0 Å². The zero-order chi connectivity index (χ0) is 16.7. The molecule has 2 aliphatic rings. The van der Waals surface area contributed by atoms with Gasteiger partial charge in [0.05, 0.1) is 16.8 Å². The van der Waals surface area contributed by atoms with E-state index in [0.717, 1.165) is 6.42 Å². The van der Waals surface area contributed by atoms with Gasteiger partial charge >= 0.3 is 0 Å². The van der Waals surface area contributed by atoms with Gasteiger partial charge < -0.3 is 15.5 Å². The molecule has 1 aromatic heterocycles. The highest BCUT2D eigenvalue weighted by atomic mass is 32.1. The highest BCUT2D eigenvalue weighted by molar-refractivity contribution is 7.08. The molecule has 1 unspecified atom stereocenters. The zero-order valence-electron chi connectivity index (χ0n) is 12.7. The van der Waals surface area contributed by atoms with Crippen LogP contribution in [0.1, 0.15) is 33.6 Å². The van der Waals surface area contributed by atoms with Crippen LogP contribution >= 0.6 is 11.3 Å². The van der Waals surface area contributed by atoms with E-state index in [4.69, 9.17) is 0 Å². The molecule has 0 bridgehead atoms. The molecule has 1 fully saturated rings. The van der Waals surface area contributed by atoms with Gasteiger partial charge in [0.2, 0.25) is 5.91 Å². The van der Waals surface area contributed by atoms with E-state index < -0.39 is 6.04 Å². The van der Waals surface area contributed by atoms with E-state index in [9.17, 15) is 14.4 Å². The number of anilines is 2. The quantitative estimate of drug-likeness (QED) is 0.881. The van der Waals surface area contributed by atoms with E-state index in [1.54, 1.807) is 34.5 Å². The zero-order valence-corrected chi connectivity index (χ0v) is 13.6. The van der Waals surface area contributed by atoms with Crippen molar-refractivity contribution in [1.29, 1.82) is 0 Å². The van der Waals surface area contributed by atoms with Gasteiger partial charge in [-0.15, -0.1) is 0 Å². The highest BCUT2D eigenvalue weighted by Crippen LogP contribution is 2.30. The van der Waals surface area contributed by atoms with Crippen molar-refractivity contribution in [2.45, 2.75) is 18.9 Å². The predicted molar refractivity (Wildman–Crippen MR) is 91.4 cm³/mol. The second kappa shape index (κ2) is 5.76. The molecule has 7 heteroatoms. The van der Waals surface area contributed by atoms with Crippen LogP contribution in [0.15, 0.2) is 35.0 Å². The van der Waals surface area contributed by atoms with Crippen LogP contribution in [0, 0.1) is 0 Å². The Hall–Kier alpha value is -2.67. The third kappa shape index (κ3) is 2.46. The maximum atomic E-state index is 12.8. The number of thiophene rings is 1. The van der Waals surface area contributed by atoms with Crippen molar-refractivity contribution in [3.8, 4) is 0 Å². The lowest BCUT2D eigenvalue weighted by atomic mass is 10.1. The lowest BCUT2D eigenvalue weighted by Gasteiger charge is -2.20. The first-order valence-corrected chi connectivity index (χ1v) is 8.67. The summed E-state index contributed by atoms with van der Waals surface area (Å²) in [6, 6.07) is 6.32. The van der Waals surface area contributed by atoms with Gasteiger partial charge in [0.15, 0.2) is 0 Å². The Labute approximate surface area is 142 Å². The fourth-order valence-corrected chi connectivity index (χ4v) is 3.79. The van der Waals surface area contributed by atoms with E-state index >= 15 is 0 Å². The first-order valence-electron chi connectivity index (χ1n) is 7.73. The number of fused-ring (bicyclic) bond motifs is 2. The molecule has 2 aromatic rings. The van der Waals surface area contributed by atoms with Crippen LogP contribution < -0.4 is 10.6 Å². The van der Waals surface area contributed by atoms with Gasteiger partial charge in [-0.3, -0.25) is 14.4 Å². The van der Waals surface area contributed by atoms with Crippen LogP contribution in [0.25, 0.3) is 0 Å². The fraction of sp³-hybridized carbons (Fsp3) is 0.235. The van der Waals surface area contributed by atoms with Crippen LogP contribution in [0.2, 0.25) is 0 Å². The Morgan fingerprint density at radius 2 is 2.17 bits per heavy atom. The van der Waals surface area contributed by atoms with Crippen molar-refractivity contribution in [2.24, 2.45) is 0 Å². The van der Waals surface area contributed by atoms with Crippen LogP contribution in [-0.2, 0) is 4.79 Å². The first kappa shape index (κ1) is 14.9. The summed E-state index contributed by atoms with van der Waals surface area (Å²) in [6.07, 6.45) is 1.51. The minimum absolute atomic E-state index is 0.144. The number of hydrogen-bond acceptors (Lipinski definition) is 4. The molecule has 3 heterocycles. The summed E-state index contributed by atoms with van der Waals surface area (Å²) in [5.74, 6) is -0.535. The van der Waals surface area contributed by atoms with E-state index in [1.165, 1.54) is 11.3 Å². The molecular weight excluding hydrogens is 326 g/mol. The third-order valence-electron chi connectivity index (χ3n) is 4.37. The number of nitrogens with zero attached hydrogens (tertiary/aromatic N) is 1. The summed E-state index contributed by atoms with van der Waals surface area (Å²) in [6.45, 7) is 0.585. The SMILES string of the molecule is O=C(Nc1ccc2c(c1)C(=O)N1CCCC1C(=O)N2)c1ccsc1. The Balaban J connectivity index is 1.65. The second-order valence-electron chi connectivity index (χ2n) is 5.87. The maximum absolute atomic E-state index is 12.8. The molecule has 6 nitrogen and oxygen atoms in total. The summed E-state index contributed by atoms with van der Waals surface area (Å²) < 4.78 is 0. The Bertz CT molecular complexity index is 832. The van der Waals surface area contributed by atoms with Crippen LogP contribution in [0.4, 0.5) is 11.4 Å². The molecule has 1 saturated heterocycles. The van der Waals surface area contributed by atoms with Gasteiger partial charge in [-0.05, 0) is 42.5 Å². The van der Waals surface area contributed by atoms with E-state index in [1.807, 2.05) is 5.38 Å². The van der Waals surface area contributed by atoms with Crippen LogP contribution in [0.3, 0.4) is 0 Å². The molecule has 4 rings (SSSR count). The monoisotopic (exact) mass is 341 g/mol. The van der Waals surface area contributed by atoms with Crippen molar-refractivity contribution in [3.63, 3.8) is 0 Å². The lowest BCUT2D eigenvalue weighted by molar-refractivity contribution is -0.119. The van der Waals surface area contributed by atoms with Gasteiger partial charge in [0.25, 0.3) is 11.8 Å². The van der Waals surface area contributed by atoms with Crippen molar-refractivity contribution in [3.05, 3.63) is 46.2 Å².